The highest BCUT2D eigenvalue weighted by Crippen LogP contribution is 2.43. The van der Waals surface area contributed by atoms with Gasteiger partial charge in [-0.2, -0.15) is 0 Å². The normalized spacial score (nSPS) is 30.7. The molecule has 34 heavy (non-hydrogen) atoms. The van der Waals surface area contributed by atoms with E-state index >= 15 is 0 Å². The minimum Gasteiger partial charge on any atom is -0.462 e. The molecule has 1 aliphatic heterocycles. The second kappa shape index (κ2) is 12.0. The summed E-state index contributed by atoms with van der Waals surface area (Å²) >= 11 is 0. The number of aliphatic hydroxyl groups excluding tert-OH is 2. The van der Waals surface area contributed by atoms with E-state index in [1.54, 1.807) is 32.1 Å². The lowest BCUT2D eigenvalue weighted by atomic mass is 9.74. The maximum atomic E-state index is 12.0. The highest BCUT2D eigenvalue weighted by atomic mass is 16.7. The van der Waals surface area contributed by atoms with Crippen LogP contribution in [0.3, 0.4) is 0 Å². The van der Waals surface area contributed by atoms with Crippen molar-refractivity contribution in [3.63, 3.8) is 0 Å². The van der Waals surface area contributed by atoms with Gasteiger partial charge in [0.1, 0.15) is 6.10 Å². The van der Waals surface area contributed by atoms with Crippen LogP contribution in [0.2, 0.25) is 0 Å². The zero-order valence-corrected chi connectivity index (χ0v) is 20.2. The SMILES string of the molecule is C=C1C[C@@H](O)[C@@H](O)/C(C)=C\C[C@@H]2C([C@@H](OC(C)=O)[C@H](/C=C/C)OC(C)=O)=CO[C@H](OC(C)=O)[C@@H]12. The molecule has 0 aromatic heterocycles. The number of carbonyl (C=O) groups excluding carboxylic acids is 3. The molecular weight excluding hydrogens is 444 g/mol. The Hall–Kier alpha value is -2.91. The molecule has 0 spiro atoms. The minimum absolute atomic E-state index is 0.0301. The molecule has 0 aromatic rings. The first kappa shape index (κ1) is 27.3. The number of hydrogen-bond acceptors (Lipinski definition) is 9. The van der Waals surface area contributed by atoms with E-state index in [0.717, 1.165) is 0 Å². The van der Waals surface area contributed by atoms with Gasteiger partial charge in [-0.05, 0) is 38.3 Å². The number of rotatable bonds is 6. The number of hydrogen-bond donors (Lipinski definition) is 2. The van der Waals surface area contributed by atoms with E-state index in [4.69, 9.17) is 18.9 Å². The van der Waals surface area contributed by atoms with Crippen molar-refractivity contribution in [2.75, 3.05) is 0 Å². The summed E-state index contributed by atoms with van der Waals surface area (Å²) < 4.78 is 22.2. The molecule has 9 nitrogen and oxygen atoms in total. The molecule has 2 N–H and O–H groups in total. The fourth-order valence-electron chi connectivity index (χ4n) is 4.36. The fourth-order valence-corrected chi connectivity index (χ4v) is 4.36. The van der Waals surface area contributed by atoms with E-state index in [1.807, 2.05) is 0 Å². The minimum atomic E-state index is -1.11. The summed E-state index contributed by atoms with van der Waals surface area (Å²) in [5.41, 5.74) is 1.54. The van der Waals surface area contributed by atoms with Crippen LogP contribution in [-0.2, 0) is 33.3 Å². The van der Waals surface area contributed by atoms with Gasteiger partial charge in [-0.1, -0.05) is 24.3 Å². The van der Waals surface area contributed by atoms with E-state index in [9.17, 15) is 24.6 Å². The van der Waals surface area contributed by atoms with Gasteiger partial charge in [0.2, 0.25) is 6.29 Å². The van der Waals surface area contributed by atoms with Crippen LogP contribution in [0.15, 0.2) is 47.8 Å². The largest absolute Gasteiger partial charge is 0.462 e. The van der Waals surface area contributed by atoms with Gasteiger partial charge in [-0.25, -0.2) is 0 Å². The van der Waals surface area contributed by atoms with E-state index in [2.05, 4.69) is 6.58 Å². The lowest BCUT2D eigenvalue weighted by Gasteiger charge is -2.41. The predicted molar refractivity (Wildman–Crippen MR) is 122 cm³/mol. The van der Waals surface area contributed by atoms with Crippen LogP contribution in [0.1, 0.15) is 47.5 Å². The van der Waals surface area contributed by atoms with Gasteiger partial charge < -0.3 is 29.2 Å². The average Bonchev–Trinajstić information content (AvgIpc) is 2.77. The third kappa shape index (κ3) is 6.80. The molecule has 9 heteroatoms. The summed E-state index contributed by atoms with van der Waals surface area (Å²) in [6.07, 6.45) is 1.55. The lowest BCUT2D eigenvalue weighted by Crippen LogP contribution is -2.45. The molecule has 0 amide bonds. The van der Waals surface area contributed by atoms with Crippen LogP contribution in [0.25, 0.3) is 0 Å². The average molecular weight is 479 g/mol. The molecular formula is C25H34O9. The van der Waals surface area contributed by atoms with Crippen molar-refractivity contribution < 1.29 is 43.5 Å². The Balaban J connectivity index is 2.64. The van der Waals surface area contributed by atoms with Crippen LogP contribution in [0, 0.1) is 11.8 Å². The molecule has 0 saturated carbocycles. The van der Waals surface area contributed by atoms with Gasteiger partial charge in [0, 0.05) is 32.3 Å². The zero-order valence-electron chi connectivity index (χ0n) is 20.2. The van der Waals surface area contributed by atoms with E-state index < -0.39 is 60.4 Å². The molecule has 0 aromatic carbocycles. The van der Waals surface area contributed by atoms with Crippen molar-refractivity contribution in [1.82, 2.24) is 0 Å². The molecule has 2 rings (SSSR count). The summed E-state index contributed by atoms with van der Waals surface area (Å²) in [5, 5.41) is 21.0. The van der Waals surface area contributed by atoms with Gasteiger partial charge in [0.05, 0.1) is 18.3 Å². The van der Waals surface area contributed by atoms with Gasteiger partial charge in [0.15, 0.2) is 12.2 Å². The van der Waals surface area contributed by atoms with Gasteiger partial charge in [0.25, 0.3) is 0 Å². The fraction of sp³-hybridized carbons (Fsp3) is 0.560. The number of fused-ring (bicyclic) bond motifs is 1. The van der Waals surface area contributed by atoms with E-state index in [-0.39, 0.29) is 6.42 Å². The van der Waals surface area contributed by atoms with Crippen LogP contribution in [0.4, 0.5) is 0 Å². The Labute approximate surface area is 199 Å². The Morgan fingerprint density at radius 2 is 1.79 bits per heavy atom. The molecule has 1 heterocycles. The smallest absolute Gasteiger partial charge is 0.305 e. The Kier molecular flexibility index (Phi) is 9.64. The number of esters is 3. The number of carbonyl (C=O) groups is 3. The summed E-state index contributed by atoms with van der Waals surface area (Å²) in [6.45, 7) is 11.3. The van der Waals surface area contributed by atoms with Crippen LogP contribution >= 0.6 is 0 Å². The van der Waals surface area contributed by atoms with Gasteiger partial charge in [-0.15, -0.1) is 0 Å². The third-order valence-corrected chi connectivity index (χ3v) is 5.85. The van der Waals surface area contributed by atoms with Crippen molar-refractivity contribution in [1.29, 1.82) is 0 Å². The molecule has 0 fully saturated rings. The van der Waals surface area contributed by atoms with E-state index in [0.29, 0.717) is 23.1 Å². The third-order valence-electron chi connectivity index (χ3n) is 5.85. The Morgan fingerprint density at radius 3 is 2.35 bits per heavy atom. The molecule has 1 aliphatic carbocycles. The first-order valence-electron chi connectivity index (χ1n) is 11.2. The van der Waals surface area contributed by atoms with Crippen LogP contribution in [0.5, 0.6) is 0 Å². The highest BCUT2D eigenvalue weighted by Gasteiger charge is 2.46. The first-order chi connectivity index (χ1) is 16.0. The maximum Gasteiger partial charge on any atom is 0.305 e. The van der Waals surface area contributed by atoms with Crippen LogP contribution in [-0.4, -0.2) is 58.8 Å². The predicted octanol–water partition coefficient (Wildman–Crippen LogP) is 2.48. The van der Waals surface area contributed by atoms with E-state index in [1.165, 1.54) is 27.0 Å². The second-order valence-corrected chi connectivity index (χ2v) is 8.55. The summed E-state index contributed by atoms with van der Waals surface area (Å²) in [6, 6.07) is 0. The lowest BCUT2D eigenvalue weighted by molar-refractivity contribution is -0.182. The summed E-state index contributed by atoms with van der Waals surface area (Å²) in [7, 11) is 0. The highest BCUT2D eigenvalue weighted by molar-refractivity contribution is 5.68. The van der Waals surface area contributed by atoms with Crippen LogP contribution < -0.4 is 0 Å². The Morgan fingerprint density at radius 1 is 1.15 bits per heavy atom. The standard InChI is InChI=1S/C25H34O9/c1-7-8-21(32-15(4)26)24(33-16(5)27)19-12-31-25(34-17(6)28)22-14(3)11-20(29)23(30)13(2)9-10-18(19)22/h7-9,12,18,20-25,29-30H,3,10-11H2,1-2,4-6H3/b8-7+,13-9-/t18-,20-,21+,22+,23+,24-,25-/m1/s1. The number of ether oxygens (including phenoxy) is 4. The van der Waals surface area contributed by atoms with Crippen molar-refractivity contribution in [3.05, 3.63) is 47.8 Å². The monoisotopic (exact) mass is 478 g/mol. The van der Waals surface area contributed by atoms with Crippen molar-refractivity contribution in [3.8, 4) is 0 Å². The number of allylic oxidation sites excluding steroid dienone is 2. The molecule has 188 valence electrons. The first-order valence-corrected chi connectivity index (χ1v) is 11.2. The topological polar surface area (TPSA) is 129 Å². The molecule has 0 bridgehead atoms. The molecule has 0 radical (unpaired) electrons. The molecule has 0 unspecified atom stereocenters. The van der Waals surface area contributed by atoms with Crippen molar-refractivity contribution >= 4 is 17.9 Å². The molecule has 2 aliphatic rings. The van der Waals surface area contributed by atoms with Gasteiger partial charge in [-0.3, -0.25) is 14.4 Å². The van der Waals surface area contributed by atoms with Gasteiger partial charge >= 0.3 is 17.9 Å². The zero-order chi connectivity index (χ0) is 25.6. The Bertz CT molecular complexity index is 885. The van der Waals surface area contributed by atoms with Crippen molar-refractivity contribution in [2.24, 2.45) is 11.8 Å². The van der Waals surface area contributed by atoms with Crippen molar-refractivity contribution in [2.45, 2.75) is 78.2 Å². The number of aliphatic hydroxyl groups is 2. The second-order valence-electron chi connectivity index (χ2n) is 8.55. The summed E-state index contributed by atoms with van der Waals surface area (Å²) in [5.74, 6) is -2.82. The maximum absolute atomic E-state index is 12.0. The molecule has 0 saturated heterocycles. The summed E-state index contributed by atoms with van der Waals surface area (Å²) in [4.78, 5) is 35.6. The quantitative estimate of drug-likeness (QED) is 0.336. The molecule has 7 atom stereocenters.